The van der Waals surface area contributed by atoms with E-state index in [1.54, 1.807) is 0 Å². The van der Waals surface area contributed by atoms with Gasteiger partial charge in [0.1, 0.15) is 13.1 Å². The molecular formula is C12H19NO6. The first-order chi connectivity index (χ1) is 9.08. The Hall–Kier alpha value is -1.63. The SMILES string of the molecule is COC(=O)CN(CC(=O)OC)C(=O)C1CCOCC1. The van der Waals surface area contributed by atoms with E-state index in [2.05, 4.69) is 9.47 Å². The van der Waals surface area contributed by atoms with Crippen LogP contribution in [0.3, 0.4) is 0 Å². The van der Waals surface area contributed by atoms with Crippen LogP contribution in [0, 0.1) is 5.92 Å². The van der Waals surface area contributed by atoms with Crippen molar-refractivity contribution in [1.29, 1.82) is 0 Å². The number of hydrogen-bond acceptors (Lipinski definition) is 6. The molecule has 0 aromatic heterocycles. The number of amides is 1. The maximum absolute atomic E-state index is 12.3. The van der Waals surface area contributed by atoms with Crippen LogP contribution in [0.2, 0.25) is 0 Å². The fourth-order valence-corrected chi connectivity index (χ4v) is 1.86. The number of carbonyl (C=O) groups excluding carboxylic acids is 3. The minimum atomic E-state index is -0.565. The fourth-order valence-electron chi connectivity index (χ4n) is 1.86. The van der Waals surface area contributed by atoms with Crippen LogP contribution < -0.4 is 0 Å². The smallest absolute Gasteiger partial charge is 0.325 e. The molecule has 0 unspecified atom stereocenters. The number of methoxy groups -OCH3 is 2. The third-order valence-electron chi connectivity index (χ3n) is 2.98. The Morgan fingerprint density at radius 2 is 1.53 bits per heavy atom. The quantitative estimate of drug-likeness (QED) is 0.633. The third kappa shape index (κ3) is 4.86. The lowest BCUT2D eigenvalue weighted by atomic mass is 9.98. The standard InChI is InChI=1S/C12H19NO6/c1-17-10(14)7-13(8-11(15)18-2)12(16)9-3-5-19-6-4-9/h9H,3-8H2,1-2H3. The van der Waals surface area contributed by atoms with Gasteiger partial charge in [0.05, 0.1) is 14.2 Å². The van der Waals surface area contributed by atoms with Gasteiger partial charge in [0.25, 0.3) is 0 Å². The van der Waals surface area contributed by atoms with Crippen molar-refractivity contribution < 1.29 is 28.6 Å². The maximum Gasteiger partial charge on any atom is 0.325 e. The van der Waals surface area contributed by atoms with Crippen LogP contribution >= 0.6 is 0 Å². The van der Waals surface area contributed by atoms with Crippen LogP contribution in [-0.2, 0) is 28.6 Å². The van der Waals surface area contributed by atoms with E-state index < -0.39 is 11.9 Å². The Labute approximate surface area is 111 Å². The van der Waals surface area contributed by atoms with E-state index in [9.17, 15) is 14.4 Å². The molecule has 1 aliphatic heterocycles. The predicted molar refractivity (Wildman–Crippen MR) is 64.2 cm³/mol. The highest BCUT2D eigenvalue weighted by Gasteiger charge is 2.29. The van der Waals surface area contributed by atoms with E-state index in [0.29, 0.717) is 26.1 Å². The lowest BCUT2D eigenvalue weighted by molar-refractivity contribution is -0.154. The van der Waals surface area contributed by atoms with E-state index in [-0.39, 0.29) is 24.9 Å². The molecule has 1 fully saturated rings. The lowest BCUT2D eigenvalue weighted by Crippen LogP contribution is -2.44. The van der Waals surface area contributed by atoms with Crippen LogP contribution in [0.4, 0.5) is 0 Å². The van der Waals surface area contributed by atoms with Crippen LogP contribution in [0.5, 0.6) is 0 Å². The number of hydrogen-bond donors (Lipinski definition) is 0. The van der Waals surface area contributed by atoms with Crippen molar-refractivity contribution in [1.82, 2.24) is 4.90 Å². The van der Waals surface area contributed by atoms with E-state index in [1.807, 2.05) is 0 Å². The van der Waals surface area contributed by atoms with Crippen molar-refractivity contribution in [3.63, 3.8) is 0 Å². The monoisotopic (exact) mass is 273 g/mol. The molecule has 0 aromatic carbocycles. The minimum Gasteiger partial charge on any atom is -0.468 e. The van der Waals surface area contributed by atoms with Crippen molar-refractivity contribution in [2.24, 2.45) is 5.92 Å². The van der Waals surface area contributed by atoms with Gasteiger partial charge in [-0.2, -0.15) is 0 Å². The maximum atomic E-state index is 12.3. The predicted octanol–water partition coefficient (Wildman–Crippen LogP) is -0.412. The summed E-state index contributed by atoms with van der Waals surface area (Å²) in [5, 5.41) is 0. The Balaban J connectivity index is 2.66. The van der Waals surface area contributed by atoms with Gasteiger partial charge in [-0.15, -0.1) is 0 Å². The Morgan fingerprint density at radius 3 is 1.95 bits per heavy atom. The van der Waals surface area contributed by atoms with Crippen molar-refractivity contribution in [3.8, 4) is 0 Å². The van der Waals surface area contributed by atoms with Gasteiger partial charge in [-0.25, -0.2) is 0 Å². The van der Waals surface area contributed by atoms with Crippen LogP contribution in [0.1, 0.15) is 12.8 Å². The van der Waals surface area contributed by atoms with Gasteiger partial charge in [0.2, 0.25) is 5.91 Å². The highest BCUT2D eigenvalue weighted by atomic mass is 16.5. The van der Waals surface area contributed by atoms with E-state index in [0.717, 1.165) is 0 Å². The fraction of sp³-hybridized carbons (Fsp3) is 0.750. The highest BCUT2D eigenvalue weighted by molar-refractivity contribution is 5.87. The molecule has 0 aromatic rings. The van der Waals surface area contributed by atoms with Crippen LogP contribution in [0.25, 0.3) is 0 Å². The van der Waals surface area contributed by atoms with E-state index in [4.69, 9.17) is 4.74 Å². The van der Waals surface area contributed by atoms with Crippen molar-refractivity contribution >= 4 is 17.8 Å². The first kappa shape index (κ1) is 15.4. The second-order valence-electron chi connectivity index (χ2n) is 4.23. The van der Waals surface area contributed by atoms with Gasteiger partial charge < -0.3 is 19.1 Å². The molecule has 1 rings (SSSR count). The second kappa shape index (κ2) is 7.73. The molecule has 1 aliphatic rings. The zero-order chi connectivity index (χ0) is 14.3. The number of nitrogens with zero attached hydrogens (tertiary/aromatic N) is 1. The molecule has 0 saturated carbocycles. The lowest BCUT2D eigenvalue weighted by Gasteiger charge is -2.27. The molecular weight excluding hydrogens is 254 g/mol. The van der Waals surface area contributed by atoms with Gasteiger partial charge >= 0.3 is 11.9 Å². The van der Waals surface area contributed by atoms with Crippen LogP contribution in [0.15, 0.2) is 0 Å². The summed E-state index contributed by atoms with van der Waals surface area (Å²) < 4.78 is 14.2. The molecule has 0 bridgehead atoms. The second-order valence-corrected chi connectivity index (χ2v) is 4.23. The number of ether oxygens (including phenoxy) is 3. The summed E-state index contributed by atoms with van der Waals surface area (Å²) in [6, 6.07) is 0. The summed E-state index contributed by atoms with van der Waals surface area (Å²) in [4.78, 5) is 36.0. The van der Waals surface area contributed by atoms with Gasteiger partial charge in [-0.1, -0.05) is 0 Å². The topological polar surface area (TPSA) is 82.1 Å². The molecule has 0 atom stereocenters. The Morgan fingerprint density at radius 1 is 1.05 bits per heavy atom. The summed E-state index contributed by atoms with van der Waals surface area (Å²) in [6.07, 6.45) is 1.19. The molecule has 0 N–H and O–H groups in total. The molecule has 1 saturated heterocycles. The summed E-state index contributed by atoms with van der Waals surface area (Å²) in [5.74, 6) is -1.59. The Kier molecular flexibility index (Phi) is 6.27. The molecule has 19 heavy (non-hydrogen) atoms. The number of carbonyl (C=O) groups is 3. The first-order valence-electron chi connectivity index (χ1n) is 6.08. The average molecular weight is 273 g/mol. The summed E-state index contributed by atoms with van der Waals surface area (Å²) in [6.45, 7) is 0.533. The van der Waals surface area contributed by atoms with E-state index >= 15 is 0 Å². The van der Waals surface area contributed by atoms with Gasteiger partial charge in [-0.05, 0) is 12.8 Å². The molecule has 7 heteroatoms. The minimum absolute atomic E-state index is 0.219. The zero-order valence-corrected chi connectivity index (χ0v) is 11.2. The summed E-state index contributed by atoms with van der Waals surface area (Å²) in [7, 11) is 2.47. The van der Waals surface area contributed by atoms with Gasteiger partial charge in [0.15, 0.2) is 0 Å². The molecule has 1 heterocycles. The highest BCUT2D eigenvalue weighted by Crippen LogP contribution is 2.17. The molecule has 0 spiro atoms. The molecule has 108 valence electrons. The average Bonchev–Trinajstić information content (AvgIpc) is 2.46. The number of esters is 2. The summed E-state index contributed by atoms with van der Waals surface area (Å²) >= 11 is 0. The zero-order valence-electron chi connectivity index (χ0n) is 11.2. The van der Waals surface area contributed by atoms with Gasteiger partial charge in [-0.3, -0.25) is 14.4 Å². The normalized spacial score (nSPS) is 15.7. The summed E-state index contributed by atoms with van der Waals surface area (Å²) in [5.41, 5.74) is 0. The van der Waals surface area contributed by atoms with Gasteiger partial charge in [0, 0.05) is 19.1 Å². The van der Waals surface area contributed by atoms with E-state index in [1.165, 1.54) is 19.1 Å². The molecule has 0 aliphatic carbocycles. The molecule has 0 radical (unpaired) electrons. The Bertz CT molecular complexity index is 319. The van der Waals surface area contributed by atoms with Crippen molar-refractivity contribution in [2.75, 3.05) is 40.5 Å². The van der Waals surface area contributed by atoms with Crippen molar-refractivity contribution in [3.05, 3.63) is 0 Å². The number of rotatable bonds is 5. The molecule has 7 nitrogen and oxygen atoms in total. The van der Waals surface area contributed by atoms with Crippen molar-refractivity contribution in [2.45, 2.75) is 12.8 Å². The third-order valence-corrected chi connectivity index (χ3v) is 2.98. The van der Waals surface area contributed by atoms with Crippen LogP contribution in [-0.4, -0.2) is 63.3 Å². The largest absolute Gasteiger partial charge is 0.468 e. The first-order valence-corrected chi connectivity index (χ1v) is 6.08. The molecule has 1 amide bonds.